The highest BCUT2D eigenvalue weighted by atomic mass is 16.3. The van der Waals surface area contributed by atoms with Gasteiger partial charge in [-0.3, -0.25) is 5.84 Å². The van der Waals surface area contributed by atoms with E-state index in [-0.39, 0.29) is 6.61 Å². The Balaban J connectivity index is 2.38. The molecule has 0 aromatic rings. The maximum absolute atomic E-state index is 8.77. The Morgan fingerprint density at radius 2 is 2.33 bits per heavy atom. The zero-order valence-corrected chi connectivity index (χ0v) is 5.75. The fraction of sp³-hybridized carbons (Fsp3) is 1.00. The number of aliphatic hydroxyl groups excluding tert-OH is 1. The third kappa shape index (κ3) is 1.41. The number of hydrazine groups is 1. The fourth-order valence-corrected chi connectivity index (χ4v) is 1.31. The normalized spacial score (nSPS) is 37.7. The van der Waals surface area contributed by atoms with Crippen LogP contribution >= 0.6 is 0 Å². The maximum Gasteiger partial charge on any atom is 0.0475 e. The molecule has 1 fully saturated rings. The molecule has 3 nitrogen and oxygen atoms in total. The first kappa shape index (κ1) is 6.99. The van der Waals surface area contributed by atoms with Crippen LogP contribution < -0.4 is 5.84 Å². The van der Waals surface area contributed by atoms with Gasteiger partial charge in [0.1, 0.15) is 0 Å². The smallest absolute Gasteiger partial charge is 0.0475 e. The van der Waals surface area contributed by atoms with E-state index in [9.17, 15) is 0 Å². The summed E-state index contributed by atoms with van der Waals surface area (Å²) in [4.78, 5) is 0. The van der Waals surface area contributed by atoms with E-state index < -0.39 is 0 Å². The summed E-state index contributed by atoms with van der Waals surface area (Å²) < 4.78 is 0. The summed E-state index contributed by atoms with van der Waals surface area (Å²) in [5.41, 5.74) is 0. The van der Waals surface area contributed by atoms with Gasteiger partial charge in [-0.15, -0.1) is 0 Å². The number of nitrogens with zero attached hydrogens (tertiary/aromatic N) is 1. The minimum atomic E-state index is 0.273. The Morgan fingerprint density at radius 3 is 2.56 bits per heavy atom. The predicted octanol–water partition coefficient (Wildman–Crippen LogP) is -0.580. The van der Waals surface area contributed by atoms with E-state index in [1.165, 1.54) is 0 Å². The molecule has 0 spiro atoms. The number of hydrogen-bond donors (Lipinski definition) is 2. The molecular formula is C6H14N2O. The molecule has 3 N–H and O–H groups in total. The Kier molecular flexibility index (Phi) is 2.05. The van der Waals surface area contributed by atoms with Crippen LogP contribution in [0, 0.1) is 11.8 Å². The molecule has 0 amide bonds. The van der Waals surface area contributed by atoms with Crippen LogP contribution in [-0.2, 0) is 0 Å². The molecular weight excluding hydrogens is 116 g/mol. The third-order valence-electron chi connectivity index (χ3n) is 2.03. The van der Waals surface area contributed by atoms with Crippen molar-refractivity contribution >= 4 is 0 Å². The van der Waals surface area contributed by atoms with Gasteiger partial charge in [0.2, 0.25) is 0 Å². The van der Waals surface area contributed by atoms with Crippen molar-refractivity contribution in [3.8, 4) is 0 Å². The molecule has 3 heteroatoms. The number of rotatable bonds is 1. The first-order chi connectivity index (χ1) is 4.24. The molecule has 1 heterocycles. The van der Waals surface area contributed by atoms with E-state index in [1.54, 1.807) is 5.01 Å². The van der Waals surface area contributed by atoms with Crippen LogP contribution in [-0.4, -0.2) is 29.8 Å². The van der Waals surface area contributed by atoms with Crippen LogP contribution in [0.1, 0.15) is 6.92 Å². The summed E-state index contributed by atoms with van der Waals surface area (Å²) in [5.74, 6) is 6.47. The van der Waals surface area contributed by atoms with Crippen LogP contribution in [0.25, 0.3) is 0 Å². The lowest BCUT2D eigenvalue weighted by Crippen LogP contribution is -2.28. The fourth-order valence-electron chi connectivity index (χ4n) is 1.31. The van der Waals surface area contributed by atoms with Crippen molar-refractivity contribution in [3.63, 3.8) is 0 Å². The van der Waals surface area contributed by atoms with Crippen molar-refractivity contribution in [2.75, 3.05) is 19.7 Å². The first-order valence-electron chi connectivity index (χ1n) is 3.34. The van der Waals surface area contributed by atoms with Crippen molar-refractivity contribution in [1.82, 2.24) is 5.01 Å². The zero-order valence-electron chi connectivity index (χ0n) is 5.75. The minimum absolute atomic E-state index is 0.273. The largest absolute Gasteiger partial charge is 0.396 e. The van der Waals surface area contributed by atoms with E-state index in [0.29, 0.717) is 11.8 Å². The number of nitrogens with two attached hydrogens (primary N) is 1. The lowest BCUT2D eigenvalue weighted by molar-refractivity contribution is 0.205. The standard InChI is InChI=1S/C6H14N2O/c1-5-2-8(7)3-6(5)4-9/h5-6,9H,2-4,7H2,1H3/t5-,6-/m0/s1. The second-order valence-electron chi connectivity index (χ2n) is 2.87. The highest BCUT2D eigenvalue weighted by molar-refractivity contribution is 4.77. The molecule has 54 valence electrons. The average Bonchev–Trinajstić information content (AvgIpc) is 2.10. The van der Waals surface area contributed by atoms with Gasteiger partial charge in [-0.2, -0.15) is 0 Å². The predicted molar refractivity (Wildman–Crippen MR) is 35.5 cm³/mol. The van der Waals surface area contributed by atoms with Crippen molar-refractivity contribution in [2.24, 2.45) is 17.7 Å². The monoisotopic (exact) mass is 130 g/mol. The summed E-state index contributed by atoms with van der Waals surface area (Å²) in [7, 11) is 0. The third-order valence-corrected chi connectivity index (χ3v) is 2.03. The van der Waals surface area contributed by atoms with Gasteiger partial charge in [-0.05, 0) is 11.8 Å². The SMILES string of the molecule is C[C@H]1CN(N)C[C@H]1CO. The second kappa shape index (κ2) is 2.64. The van der Waals surface area contributed by atoms with Crippen molar-refractivity contribution in [2.45, 2.75) is 6.92 Å². The molecule has 1 aliphatic heterocycles. The van der Waals surface area contributed by atoms with Crippen LogP contribution in [0.3, 0.4) is 0 Å². The van der Waals surface area contributed by atoms with E-state index in [0.717, 1.165) is 13.1 Å². The maximum atomic E-state index is 8.77. The van der Waals surface area contributed by atoms with E-state index >= 15 is 0 Å². The summed E-state index contributed by atoms with van der Waals surface area (Å²) in [5, 5.41) is 10.5. The van der Waals surface area contributed by atoms with Gasteiger partial charge in [-0.25, -0.2) is 5.01 Å². The quantitative estimate of drug-likeness (QED) is 0.467. The van der Waals surface area contributed by atoms with Gasteiger partial charge in [0.25, 0.3) is 0 Å². The Bertz CT molecular complexity index is 97.1. The molecule has 0 radical (unpaired) electrons. The highest BCUT2D eigenvalue weighted by Crippen LogP contribution is 2.18. The number of aliphatic hydroxyl groups is 1. The summed E-state index contributed by atoms with van der Waals surface area (Å²) in [6.07, 6.45) is 0. The van der Waals surface area contributed by atoms with Gasteiger partial charge in [0.05, 0.1) is 0 Å². The molecule has 0 bridgehead atoms. The molecule has 1 saturated heterocycles. The van der Waals surface area contributed by atoms with E-state index in [4.69, 9.17) is 10.9 Å². The van der Waals surface area contributed by atoms with Crippen molar-refractivity contribution in [3.05, 3.63) is 0 Å². The van der Waals surface area contributed by atoms with Crippen molar-refractivity contribution < 1.29 is 5.11 Å². The molecule has 2 atom stereocenters. The van der Waals surface area contributed by atoms with Crippen LogP contribution in [0.5, 0.6) is 0 Å². The van der Waals surface area contributed by atoms with Crippen LogP contribution in [0.15, 0.2) is 0 Å². The summed E-state index contributed by atoms with van der Waals surface area (Å²) in [6.45, 7) is 4.16. The van der Waals surface area contributed by atoms with Crippen LogP contribution in [0.2, 0.25) is 0 Å². The molecule has 0 aliphatic carbocycles. The second-order valence-corrected chi connectivity index (χ2v) is 2.87. The van der Waals surface area contributed by atoms with Gasteiger partial charge in [0.15, 0.2) is 0 Å². The lowest BCUT2D eigenvalue weighted by atomic mass is 10.00. The van der Waals surface area contributed by atoms with E-state index in [1.807, 2.05) is 0 Å². The Hall–Kier alpha value is -0.120. The Labute approximate surface area is 55.4 Å². The minimum Gasteiger partial charge on any atom is -0.396 e. The highest BCUT2D eigenvalue weighted by Gasteiger charge is 2.26. The number of hydrogen-bond acceptors (Lipinski definition) is 3. The molecule has 0 saturated carbocycles. The zero-order chi connectivity index (χ0) is 6.85. The molecule has 9 heavy (non-hydrogen) atoms. The molecule has 1 aliphatic rings. The molecule has 0 unspecified atom stereocenters. The van der Waals surface area contributed by atoms with Gasteiger partial charge in [-0.1, -0.05) is 6.92 Å². The van der Waals surface area contributed by atoms with Crippen molar-refractivity contribution in [1.29, 1.82) is 0 Å². The van der Waals surface area contributed by atoms with Gasteiger partial charge in [0, 0.05) is 19.7 Å². The van der Waals surface area contributed by atoms with Gasteiger partial charge < -0.3 is 5.11 Å². The molecule has 0 aromatic carbocycles. The molecule has 0 aromatic heterocycles. The summed E-state index contributed by atoms with van der Waals surface area (Å²) in [6, 6.07) is 0. The van der Waals surface area contributed by atoms with Gasteiger partial charge >= 0.3 is 0 Å². The Morgan fingerprint density at radius 1 is 1.67 bits per heavy atom. The summed E-state index contributed by atoms with van der Waals surface area (Å²) >= 11 is 0. The van der Waals surface area contributed by atoms with Crippen LogP contribution in [0.4, 0.5) is 0 Å². The van der Waals surface area contributed by atoms with E-state index in [2.05, 4.69) is 6.92 Å². The average molecular weight is 130 g/mol. The lowest BCUT2D eigenvalue weighted by Gasteiger charge is -2.07. The topological polar surface area (TPSA) is 49.5 Å². The molecule has 1 rings (SSSR count). The first-order valence-corrected chi connectivity index (χ1v) is 3.34.